The van der Waals surface area contributed by atoms with Crippen molar-refractivity contribution in [2.45, 2.75) is 12.4 Å². The van der Waals surface area contributed by atoms with Gasteiger partial charge in [-0.05, 0) is 125 Å². The quantitative estimate of drug-likeness (QED) is 0.135. The lowest BCUT2D eigenvalue weighted by Gasteiger charge is -2.22. The fourth-order valence-corrected chi connectivity index (χ4v) is 13.1. The highest BCUT2D eigenvalue weighted by Gasteiger charge is 2.37. The molecular weight excluding hydrogens is 1120 g/mol. The molecule has 16 rings (SSSR count). The lowest BCUT2D eigenvalue weighted by atomic mass is 9.91. The topological polar surface area (TPSA) is 40.6 Å². The van der Waals surface area contributed by atoms with Crippen LogP contribution in [0.5, 0.6) is 0 Å². The normalized spacial score (nSPS) is 12.2. The van der Waals surface area contributed by atoms with Gasteiger partial charge in [-0.1, -0.05) is 182 Å². The second-order valence-corrected chi connectivity index (χ2v) is 22.3. The summed E-state index contributed by atoms with van der Waals surface area (Å²) in [5.41, 5.74) is 12.6. The van der Waals surface area contributed by atoms with Gasteiger partial charge in [-0.2, -0.15) is 26.3 Å². The average Bonchev–Trinajstić information content (AvgIpc) is 1.66. The molecule has 0 saturated heterocycles. The van der Waals surface area contributed by atoms with Crippen molar-refractivity contribution in [1.29, 1.82) is 0 Å². The summed E-state index contributed by atoms with van der Waals surface area (Å²) in [5.74, 6) is 0.475. The van der Waals surface area contributed by atoms with Crippen LogP contribution >= 0.6 is 0 Å². The maximum absolute atomic E-state index is 14.5. The molecule has 0 bridgehead atoms. The van der Waals surface area contributed by atoms with Gasteiger partial charge in [0.1, 0.15) is 0 Å². The first-order valence-corrected chi connectivity index (χ1v) is 29.1. The maximum Gasteiger partial charge on any atom is 0.416 e. The van der Waals surface area contributed by atoms with Crippen LogP contribution in [0.25, 0.3) is 150 Å². The van der Waals surface area contributed by atoms with Crippen LogP contribution in [0.3, 0.4) is 0 Å². The number of alkyl halides is 6. The molecule has 0 aliphatic rings. The summed E-state index contributed by atoms with van der Waals surface area (Å²) < 4.78 is 93.7. The molecule has 5 nitrogen and oxygen atoms in total. The number of para-hydroxylation sites is 5. The van der Waals surface area contributed by atoms with E-state index in [1.807, 2.05) is 115 Å². The maximum atomic E-state index is 14.5. The second-order valence-electron chi connectivity index (χ2n) is 22.3. The molecule has 0 radical (unpaired) electrons. The standard InChI is InChI=1S/C78H47F6N5/c79-77(80,81)55-39-53(40-56(46-55)78(82,83)84)50-37-38-74-66(43-50)63-31-11-16-36-73(63)89(74)75-64(51-23-17-25-57(41-51)87-69-32-12-7-27-59(69)60-28-8-13-33-70(60)87)44-54(76-85-67(48-19-3-1-4-20-48)47-68(86-76)49-21-5-2-6-22-49)45-65(75)52-24-18-26-58(42-52)88-71-34-14-9-29-61(71)62-30-10-15-35-72(62)88/h1-47H. The van der Waals surface area contributed by atoms with Crippen molar-refractivity contribution in [2.75, 3.05) is 0 Å². The highest BCUT2D eigenvalue weighted by Crippen LogP contribution is 2.47. The summed E-state index contributed by atoms with van der Waals surface area (Å²) in [6.45, 7) is 0. The lowest BCUT2D eigenvalue weighted by Crippen LogP contribution is -2.11. The van der Waals surface area contributed by atoms with E-state index in [1.54, 1.807) is 18.2 Å². The number of rotatable bonds is 9. The van der Waals surface area contributed by atoms with Gasteiger partial charge >= 0.3 is 12.4 Å². The molecule has 0 unspecified atom stereocenters. The summed E-state index contributed by atoms with van der Waals surface area (Å²) >= 11 is 0. The Kier molecular flexibility index (Phi) is 12.4. The molecule has 0 N–H and O–H groups in total. The Morgan fingerprint density at radius 2 is 0.618 bits per heavy atom. The molecule has 0 atom stereocenters. The van der Waals surface area contributed by atoms with Crippen LogP contribution in [0.4, 0.5) is 26.3 Å². The third-order valence-corrected chi connectivity index (χ3v) is 17.0. The Morgan fingerprint density at radius 3 is 1.04 bits per heavy atom. The minimum absolute atomic E-state index is 0.165. The molecule has 11 heteroatoms. The van der Waals surface area contributed by atoms with E-state index in [0.29, 0.717) is 22.3 Å². The Morgan fingerprint density at radius 1 is 0.247 bits per heavy atom. The highest BCUT2D eigenvalue weighted by molar-refractivity contribution is 6.13. The molecule has 0 fully saturated rings. The molecule has 0 aliphatic carbocycles. The molecule has 0 amide bonds. The van der Waals surface area contributed by atoms with Gasteiger partial charge in [0.2, 0.25) is 0 Å². The van der Waals surface area contributed by atoms with Gasteiger partial charge in [0.05, 0.1) is 61.3 Å². The van der Waals surface area contributed by atoms with Crippen molar-refractivity contribution in [2.24, 2.45) is 0 Å². The van der Waals surface area contributed by atoms with E-state index in [-0.39, 0.29) is 17.2 Å². The minimum Gasteiger partial charge on any atom is -0.309 e. The molecule has 89 heavy (non-hydrogen) atoms. The van der Waals surface area contributed by atoms with E-state index in [1.165, 1.54) is 0 Å². The van der Waals surface area contributed by atoms with Crippen molar-refractivity contribution in [1.82, 2.24) is 23.7 Å². The zero-order valence-electron chi connectivity index (χ0n) is 47.1. The van der Waals surface area contributed by atoms with Crippen LogP contribution in [0.15, 0.2) is 285 Å². The van der Waals surface area contributed by atoms with Crippen molar-refractivity contribution in [3.63, 3.8) is 0 Å². The van der Waals surface area contributed by atoms with E-state index in [4.69, 9.17) is 9.97 Å². The number of fused-ring (bicyclic) bond motifs is 9. The first kappa shape index (κ1) is 53.2. The van der Waals surface area contributed by atoms with Crippen LogP contribution in [0.2, 0.25) is 0 Å². The van der Waals surface area contributed by atoms with Gasteiger partial charge < -0.3 is 13.7 Å². The molecule has 4 heterocycles. The minimum atomic E-state index is -5.04. The SMILES string of the molecule is FC(F)(F)c1cc(-c2ccc3c(c2)c2ccccc2n3-c2c(-c3cccc(-n4c5ccccc5c5ccccc54)c3)cc(-c3nc(-c4ccccc4)cc(-c4ccccc4)n3)cc2-c2cccc(-n3c4ccccc4c4ccccc43)c2)cc(C(F)(F)F)c1. The van der Waals surface area contributed by atoms with E-state index in [2.05, 4.69) is 147 Å². The molecule has 0 aliphatic heterocycles. The smallest absolute Gasteiger partial charge is 0.309 e. The number of halogens is 6. The van der Waals surface area contributed by atoms with Gasteiger partial charge in [0, 0.05) is 71.5 Å². The summed E-state index contributed by atoms with van der Waals surface area (Å²) in [7, 11) is 0. The first-order valence-electron chi connectivity index (χ1n) is 29.1. The van der Waals surface area contributed by atoms with E-state index in [0.717, 1.165) is 128 Å². The molecule has 16 aromatic rings. The van der Waals surface area contributed by atoms with Crippen LogP contribution in [0.1, 0.15) is 11.1 Å². The zero-order chi connectivity index (χ0) is 60.1. The third kappa shape index (κ3) is 9.11. The number of nitrogens with zero attached hydrogens (tertiary/aromatic N) is 5. The molecular formula is C78H47F6N5. The van der Waals surface area contributed by atoms with Crippen LogP contribution < -0.4 is 0 Å². The number of benzene rings is 12. The first-order chi connectivity index (χ1) is 43.4. The summed E-state index contributed by atoms with van der Waals surface area (Å²) in [6.07, 6.45) is -10.1. The molecule has 12 aromatic carbocycles. The van der Waals surface area contributed by atoms with Crippen LogP contribution in [-0.4, -0.2) is 23.7 Å². The predicted molar refractivity (Wildman–Crippen MR) is 348 cm³/mol. The Labute approximate surface area is 505 Å². The van der Waals surface area contributed by atoms with Gasteiger partial charge in [-0.3, -0.25) is 0 Å². The molecule has 0 spiro atoms. The largest absolute Gasteiger partial charge is 0.416 e. The highest BCUT2D eigenvalue weighted by atomic mass is 19.4. The van der Waals surface area contributed by atoms with Gasteiger partial charge in [0.15, 0.2) is 5.82 Å². The zero-order valence-corrected chi connectivity index (χ0v) is 47.1. The second kappa shape index (κ2) is 20.7. The Balaban J connectivity index is 1.03. The molecule has 426 valence electrons. The average molecular weight is 1170 g/mol. The molecule has 4 aromatic heterocycles. The predicted octanol–water partition coefficient (Wildman–Crippen LogP) is 21.8. The summed E-state index contributed by atoms with van der Waals surface area (Å²) in [4.78, 5) is 10.9. The lowest BCUT2D eigenvalue weighted by molar-refractivity contribution is -0.143. The monoisotopic (exact) mass is 1170 g/mol. The van der Waals surface area contributed by atoms with E-state index in [9.17, 15) is 26.3 Å². The van der Waals surface area contributed by atoms with Crippen LogP contribution in [-0.2, 0) is 12.4 Å². The van der Waals surface area contributed by atoms with E-state index < -0.39 is 23.5 Å². The number of aromatic nitrogens is 5. The van der Waals surface area contributed by atoms with Gasteiger partial charge in [-0.25, -0.2) is 9.97 Å². The third-order valence-electron chi connectivity index (χ3n) is 17.0. The van der Waals surface area contributed by atoms with Crippen LogP contribution in [0, 0.1) is 0 Å². The Bertz CT molecular complexity index is 5110. The summed E-state index contributed by atoms with van der Waals surface area (Å²) in [5, 5.41) is 5.78. The summed E-state index contributed by atoms with van der Waals surface area (Å²) in [6, 6.07) is 91.5. The van der Waals surface area contributed by atoms with Gasteiger partial charge in [-0.15, -0.1) is 0 Å². The van der Waals surface area contributed by atoms with Crippen molar-refractivity contribution >= 4 is 65.4 Å². The van der Waals surface area contributed by atoms with Crippen molar-refractivity contribution < 1.29 is 26.3 Å². The fraction of sp³-hybridized carbons (Fsp3) is 0.0256. The fourth-order valence-electron chi connectivity index (χ4n) is 13.1. The Hall–Kier alpha value is -11.3. The number of hydrogen-bond acceptors (Lipinski definition) is 2. The molecule has 0 saturated carbocycles. The van der Waals surface area contributed by atoms with Crippen molar-refractivity contribution in [3.8, 4) is 84.3 Å². The number of hydrogen-bond donors (Lipinski definition) is 0. The van der Waals surface area contributed by atoms with Crippen molar-refractivity contribution in [3.05, 3.63) is 296 Å². The van der Waals surface area contributed by atoms with E-state index >= 15 is 0 Å². The van der Waals surface area contributed by atoms with Gasteiger partial charge in [0.25, 0.3) is 0 Å².